The molecule has 0 aromatic carbocycles. The number of likely N-dealkylation sites (tertiary alicyclic amines) is 1. The molecule has 4 heteroatoms. The molecule has 0 radical (unpaired) electrons. The van der Waals surface area contributed by atoms with Gasteiger partial charge in [0.1, 0.15) is 0 Å². The molecule has 1 aliphatic carbocycles. The first kappa shape index (κ1) is 13.3. The Balaban J connectivity index is 1.84. The highest BCUT2D eigenvalue weighted by molar-refractivity contribution is 5.05. The van der Waals surface area contributed by atoms with Crippen LogP contribution in [0.2, 0.25) is 0 Å². The molecular formula is C13H26N2O2. The molecule has 17 heavy (non-hydrogen) atoms. The molecule has 2 aliphatic rings. The van der Waals surface area contributed by atoms with Crippen molar-refractivity contribution < 1.29 is 9.47 Å². The molecule has 1 saturated carbocycles. The van der Waals surface area contributed by atoms with Crippen molar-refractivity contribution >= 4 is 0 Å². The number of nitrogens with two attached hydrogens (primary N) is 1. The number of piperidine rings is 1. The largest absolute Gasteiger partial charge is 0.381 e. The Morgan fingerprint density at radius 2 is 1.88 bits per heavy atom. The Bertz CT molecular complexity index is 234. The van der Waals surface area contributed by atoms with E-state index in [-0.39, 0.29) is 5.54 Å². The standard InChI is InChI=1S/C13H26N2O2/c1-3-17-12-8-13(9-12,10-14)15-6-4-11(16-2)5-7-15/h11-12H,3-10,14H2,1-2H3. The molecule has 2 fully saturated rings. The van der Waals surface area contributed by atoms with Crippen LogP contribution in [0, 0.1) is 0 Å². The van der Waals surface area contributed by atoms with Crippen LogP contribution in [0.5, 0.6) is 0 Å². The molecule has 2 rings (SSSR count). The van der Waals surface area contributed by atoms with Gasteiger partial charge >= 0.3 is 0 Å². The number of hydrogen-bond acceptors (Lipinski definition) is 4. The first-order valence-electron chi connectivity index (χ1n) is 6.83. The van der Waals surface area contributed by atoms with Gasteiger partial charge in [-0.1, -0.05) is 0 Å². The monoisotopic (exact) mass is 242 g/mol. The summed E-state index contributed by atoms with van der Waals surface area (Å²) in [5, 5.41) is 0. The van der Waals surface area contributed by atoms with E-state index in [1.54, 1.807) is 0 Å². The number of ether oxygens (including phenoxy) is 2. The van der Waals surface area contributed by atoms with Crippen molar-refractivity contribution in [2.45, 2.75) is 50.4 Å². The Labute approximate surface area is 104 Å². The summed E-state index contributed by atoms with van der Waals surface area (Å²) in [6, 6.07) is 0. The lowest BCUT2D eigenvalue weighted by molar-refractivity contribution is -0.114. The van der Waals surface area contributed by atoms with E-state index < -0.39 is 0 Å². The molecule has 0 aromatic heterocycles. The van der Waals surface area contributed by atoms with E-state index in [1.165, 1.54) is 0 Å². The summed E-state index contributed by atoms with van der Waals surface area (Å²) in [6.45, 7) is 5.88. The fourth-order valence-electron chi connectivity index (χ4n) is 3.26. The number of nitrogens with zero attached hydrogens (tertiary/aromatic N) is 1. The summed E-state index contributed by atoms with van der Waals surface area (Å²) < 4.78 is 11.1. The van der Waals surface area contributed by atoms with Gasteiger partial charge in [0.2, 0.25) is 0 Å². The minimum atomic E-state index is 0.221. The van der Waals surface area contributed by atoms with Crippen LogP contribution in [0.15, 0.2) is 0 Å². The molecule has 4 nitrogen and oxygen atoms in total. The van der Waals surface area contributed by atoms with Gasteiger partial charge in [-0.3, -0.25) is 4.90 Å². The summed E-state index contributed by atoms with van der Waals surface area (Å²) in [7, 11) is 1.81. The smallest absolute Gasteiger partial charge is 0.0611 e. The maximum Gasteiger partial charge on any atom is 0.0611 e. The van der Waals surface area contributed by atoms with Gasteiger partial charge in [-0.05, 0) is 32.6 Å². The second-order valence-corrected chi connectivity index (χ2v) is 5.34. The molecule has 2 N–H and O–H groups in total. The number of hydrogen-bond donors (Lipinski definition) is 1. The Hall–Kier alpha value is -0.160. The summed E-state index contributed by atoms with van der Waals surface area (Å²) >= 11 is 0. The highest BCUT2D eigenvalue weighted by Crippen LogP contribution is 2.40. The number of rotatable bonds is 5. The average molecular weight is 242 g/mol. The van der Waals surface area contributed by atoms with E-state index in [1.807, 2.05) is 7.11 Å². The summed E-state index contributed by atoms with van der Waals surface area (Å²) in [4.78, 5) is 2.57. The third-order valence-corrected chi connectivity index (χ3v) is 4.44. The molecular weight excluding hydrogens is 216 g/mol. The normalized spacial score (nSPS) is 35.8. The Kier molecular flexibility index (Phi) is 4.42. The van der Waals surface area contributed by atoms with Crippen molar-refractivity contribution in [2.24, 2.45) is 5.73 Å². The zero-order chi connectivity index (χ0) is 12.3. The van der Waals surface area contributed by atoms with Crippen LogP contribution < -0.4 is 5.73 Å². The molecule has 1 aliphatic heterocycles. The maximum absolute atomic E-state index is 6.00. The van der Waals surface area contributed by atoms with Crippen LogP contribution in [0.4, 0.5) is 0 Å². The lowest BCUT2D eigenvalue weighted by Crippen LogP contribution is -2.65. The van der Waals surface area contributed by atoms with Crippen LogP contribution in [-0.2, 0) is 9.47 Å². The lowest BCUT2D eigenvalue weighted by atomic mass is 9.72. The van der Waals surface area contributed by atoms with Gasteiger partial charge in [-0.25, -0.2) is 0 Å². The van der Waals surface area contributed by atoms with Crippen LogP contribution >= 0.6 is 0 Å². The third kappa shape index (κ3) is 2.65. The molecule has 100 valence electrons. The van der Waals surface area contributed by atoms with Crippen molar-refractivity contribution in [3.8, 4) is 0 Å². The van der Waals surface area contributed by atoms with Gasteiger partial charge in [0, 0.05) is 38.9 Å². The van der Waals surface area contributed by atoms with Crippen molar-refractivity contribution in [2.75, 3.05) is 33.4 Å². The van der Waals surface area contributed by atoms with Gasteiger partial charge in [0.15, 0.2) is 0 Å². The Morgan fingerprint density at radius 3 is 2.35 bits per heavy atom. The van der Waals surface area contributed by atoms with E-state index in [4.69, 9.17) is 15.2 Å². The van der Waals surface area contributed by atoms with E-state index in [0.717, 1.165) is 51.9 Å². The van der Waals surface area contributed by atoms with Gasteiger partial charge in [0.25, 0.3) is 0 Å². The van der Waals surface area contributed by atoms with E-state index in [9.17, 15) is 0 Å². The minimum Gasteiger partial charge on any atom is -0.381 e. The Morgan fingerprint density at radius 1 is 1.24 bits per heavy atom. The number of methoxy groups -OCH3 is 1. The molecule has 0 aromatic rings. The first-order valence-corrected chi connectivity index (χ1v) is 6.83. The SMILES string of the molecule is CCOC1CC(CN)(N2CCC(OC)CC2)C1. The quantitative estimate of drug-likeness (QED) is 0.781. The third-order valence-electron chi connectivity index (χ3n) is 4.44. The topological polar surface area (TPSA) is 47.7 Å². The minimum absolute atomic E-state index is 0.221. The van der Waals surface area contributed by atoms with Gasteiger partial charge < -0.3 is 15.2 Å². The predicted molar refractivity (Wildman–Crippen MR) is 68.0 cm³/mol. The maximum atomic E-state index is 6.00. The van der Waals surface area contributed by atoms with E-state index in [2.05, 4.69) is 11.8 Å². The zero-order valence-corrected chi connectivity index (χ0v) is 11.2. The fraction of sp³-hybridized carbons (Fsp3) is 1.00. The van der Waals surface area contributed by atoms with Crippen molar-refractivity contribution in [1.29, 1.82) is 0 Å². The second kappa shape index (κ2) is 5.65. The molecule has 1 heterocycles. The molecule has 1 saturated heterocycles. The summed E-state index contributed by atoms with van der Waals surface area (Å²) in [6.07, 6.45) is 5.37. The molecule has 0 spiro atoms. The first-order chi connectivity index (χ1) is 8.24. The highest BCUT2D eigenvalue weighted by atomic mass is 16.5. The predicted octanol–water partition coefficient (Wildman–Crippen LogP) is 0.994. The lowest BCUT2D eigenvalue weighted by Gasteiger charge is -2.55. The van der Waals surface area contributed by atoms with Crippen molar-refractivity contribution in [1.82, 2.24) is 4.90 Å². The van der Waals surface area contributed by atoms with Crippen LogP contribution in [-0.4, -0.2) is 56.0 Å². The zero-order valence-electron chi connectivity index (χ0n) is 11.2. The van der Waals surface area contributed by atoms with Crippen LogP contribution in [0.1, 0.15) is 32.6 Å². The van der Waals surface area contributed by atoms with Crippen LogP contribution in [0.25, 0.3) is 0 Å². The van der Waals surface area contributed by atoms with Gasteiger partial charge in [0.05, 0.1) is 12.2 Å². The van der Waals surface area contributed by atoms with Crippen molar-refractivity contribution in [3.05, 3.63) is 0 Å². The van der Waals surface area contributed by atoms with Crippen molar-refractivity contribution in [3.63, 3.8) is 0 Å². The van der Waals surface area contributed by atoms with Gasteiger partial charge in [-0.2, -0.15) is 0 Å². The van der Waals surface area contributed by atoms with Crippen LogP contribution in [0.3, 0.4) is 0 Å². The second-order valence-electron chi connectivity index (χ2n) is 5.34. The van der Waals surface area contributed by atoms with Gasteiger partial charge in [-0.15, -0.1) is 0 Å². The van der Waals surface area contributed by atoms with E-state index in [0.29, 0.717) is 12.2 Å². The average Bonchev–Trinajstić information content (AvgIpc) is 2.34. The van der Waals surface area contributed by atoms with E-state index >= 15 is 0 Å². The molecule has 0 atom stereocenters. The highest BCUT2D eigenvalue weighted by Gasteiger charge is 2.48. The summed E-state index contributed by atoms with van der Waals surface area (Å²) in [5.41, 5.74) is 6.22. The fourth-order valence-corrected chi connectivity index (χ4v) is 3.26. The molecule has 0 amide bonds. The molecule has 0 bridgehead atoms. The summed E-state index contributed by atoms with van der Waals surface area (Å²) in [5.74, 6) is 0. The molecule has 0 unspecified atom stereocenters.